The quantitative estimate of drug-likeness (QED) is 0.633. The molecule has 2 atom stereocenters. The Kier molecular flexibility index (Phi) is 7.83. The number of rotatable bonds is 8. The topological polar surface area (TPSA) is 66.1 Å². The van der Waals surface area contributed by atoms with E-state index in [0.717, 1.165) is 37.2 Å². The van der Waals surface area contributed by atoms with Crippen LogP contribution in [0, 0.1) is 5.92 Å². The molecule has 3 rings (SSSR count). The van der Waals surface area contributed by atoms with E-state index in [9.17, 15) is 4.79 Å². The molecular weight excluding hydrogens is 372 g/mol. The first-order chi connectivity index (χ1) is 13.6. The molecule has 3 N–H and O–H groups in total. The summed E-state index contributed by atoms with van der Waals surface area (Å²) < 4.78 is 0. The Balaban J connectivity index is 1.65. The largest absolute Gasteiger partial charge is 0.348 e. The average Bonchev–Trinajstić information content (AvgIpc) is 2.72. The Morgan fingerprint density at radius 2 is 1.96 bits per heavy atom. The van der Waals surface area contributed by atoms with Crippen LogP contribution in [0.3, 0.4) is 0 Å². The van der Waals surface area contributed by atoms with Crippen molar-refractivity contribution < 1.29 is 4.79 Å². The van der Waals surface area contributed by atoms with E-state index in [2.05, 4.69) is 20.9 Å². The van der Waals surface area contributed by atoms with Crippen LogP contribution in [0.5, 0.6) is 0 Å². The number of hydrogen-bond acceptors (Lipinski definition) is 4. The smallest absolute Gasteiger partial charge is 0.242 e. The van der Waals surface area contributed by atoms with Crippen molar-refractivity contribution in [1.29, 1.82) is 0 Å². The molecule has 0 aliphatic carbocycles. The predicted molar refractivity (Wildman–Crippen MR) is 113 cm³/mol. The van der Waals surface area contributed by atoms with Crippen molar-refractivity contribution >= 4 is 17.5 Å². The Morgan fingerprint density at radius 1 is 1.21 bits per heavy atom. The van der Waals surface area contributed by atoms with E-state index < -0.39 is 6.04 Å². The van der Waals surface area contributed by atoms with E-state index in [1.54, 1.807) is 12.4 Å². The molecule has 0 radical (unpaired) electrons. The fraction of sp³-hybridized carbons (Fsp3) is 0.455. The molecule has 150 valence electrons. The number of nitrogens with zero attached hydrogens (tertiary/aromatic N) is 1. The van der Waals surface area contributed by atoms with Gasteiger partial charge in [0.1, 0.15) is 6.04 Å². The Bertz CT molecular complexity index is 749. The van der Waals surface area contributed by atoms with Crippen LogP contribution in [0.25, 0.3) is 0 Å². The van der Waals surface area contributed by atoms with E-state index in [1.165, 1.54) is 12.8 Å². The van der Waals surface area contributed by atoms with Gasteiger partial charge in [-0.2, -0.15) is 0 Å². The molecule has 1 saturated heterocycles. The fourth-order valence-electron chi connectivity index (χ4n) is 3.68. The van der Waals surface area contributed by atoms with Gasteiger partial charge in [-0.05, 0) is 87.1 Å². The SMILES string of the molecule is CC(NC(=O)C(NCCC1CCNCC1)c1cccc(Cl)c1)c1ccncc1. The van der Waals surface area contributed by atoms with Crippen LogP contribution in [0.1, 0.15) is 49.4 Å². The monoisotopic (exact) mass is 400 g/mol. The number of carbonyl (C=O) groups is 1. The van der Waals surface area contributed by atoms with Gasteiger partial charge in [-0.15, -0.1) is 0 Å². The lowest BCUT2D eigenvalue weighted by atomic mass is 9.94. The van der Waals surface area contributed by atoms with Crippen molar-refractivity contribution in [3.8, 4) is 0 Å². The minimum absolute atomic E-state index is 0.0445. The number of carbonyl (C=O) groups excluding carboxylic acids is 1. The molecule has 1 fully saturated rings. The Labute approximate surface area is 172 Å². The Hall–Kier alpha value is -1.95. The van der Waals surface area contributed by atoms with E-state index in [4.69, 9.17) is 11.6 Å². The molecule has 1 aliphatic rings. The standard InChI is InChI=1S/C22H29ClN4O/c1-16(18-8-12-25-13-9-18)27-22(28)21(19-3-2-4-20(23)15-19)26-14-7-17-5-10-24-11-6-17/h2-4,8-9,12-13,15-17,21,24,26H,5-7,10-11,14H2,1H3,(H,27,28). The van der Waals surface area contributed by atoms with Crippen molar-refractivity contribution in [2.45, 2.75) is 38.3 Å². The zero-order chi connectivity index (χ0) is 19.8. The van der Waals surface area contributed by atoms with Crippen molar-refractivity contribution in [3.63, 3.8) is 0 Å². The first-order valence-corrected chi connectivity index (χ1v) is 10.4. The summed E-state index contributed by atoms with van der Waals surface area (Å²) in [7, 11) is 0. The minimum Gasteiger partial charge on any atom is -0.348 e. The number of amides is 1. The van der Waals surface area contributed by atoms with E-state index in [1.807, 2.05) is 43.3 Å². The lowest BCUT2D eigenvalue weighted by Crippen LogP contribution is -2.40. The normalized spacial score (nSPS) is 17.1. The third kappa shape index (κ3) is 6.03. The lowest BCUT2D eigenvalue weighted by molar-refractivity contribution is -0.124. The fourth-order valence-corrected chi connectivity index (χ4v) is 3.88. The minimum atomic E-state index is -0.426. The van der Waals surface area contributed by atoms with Gasteiger partial charge in [-0.3, -0.25) is 9.78 Å². The first kappa shape index (κ1) is 20.8. The molecule has 2 unspecified atom stereocenters. The van der Waals surface area contributed by atoms with Crippen molar-refractivity contribution in [2.75, 3.05) is 19.6 Å². The van der Waals surface area contributed by atoms with Crippen LogP contribution in [0.15, 0.2) is 48.8 Å². The van der Waals surface area contributed by atoms with Crippen LogP contribution in [0.2, 0.25) is 5.02 Å². The maximum Gasteiger partial charge on any atom is 0.242 e. The van der Waals surface area contributed by atoms with E-state index in [-0.39, 0.29) is 11.9 Å². The number of piperidine rings is 1. The summed E-state index contributed by atoms with van der Waals surface area (Å²) in [6.07, 6.45) is 6.96. The first-order valence-electron chi connectivity index (χ1n) is 10.0. The summed E-state index contributed by atoms with van der Waals surface area (Å²) in [5, 5.41) is 10.6. The average molecular weight is 401 g/mol. The highest BCUT2D eigenvalue weighted by molar-refractivity contribution is 6.30. The lowest BCUT2D eigenvalue weighted by Gasteiger charge is -2.25. The van der Waals surface area contributed by atoms with Gasteiger partial charge in [0.05, 0.1) is 6.04 Å². The number of benzene rings is 1. The number of nitrogens with one attached hydrogen (secondary N) is 3. The molecule has 1 aliphatic heterocycles. The highest BCUT2D eigenvalue weighted by Crippen LogP contribution is 2.21. The summed E-state index contributed by atoms with van der Waals surface area (Å²) in [4.78, 5) is 17.1. The van der Waals surface area contributed by atoms with Crippen molar-refractivity contribution in [3.05, 3.63) is 64.9 Å². The van der Waals surface area contributed by atoms with E-state index in [0.29, 0.717) is 10.9 Å². The molecule has 6 heteroatoms. The zero-order valence-corrected chi connectivity index (χ0v) is 17.1. The summed E-state index contributed by atoms with van der Waals surface area (Å²) in [5.74, 6) is 0.671. The van der Waals surface area contributed by atoms with Gasteiger partial charge in [0.15, 0.2) is 0 Å². The van der Waals surface area contributed by atoms with Crippen LogP contribution in [-0.4, -0.2) is 30.5 Å². The summed E-state index contributed by atoms with van der Waals surface area (Å²) in [6, 6.07) is 10.8. The summed E-state index contributed by atoms with van der Waals surface area (Å²) in [5.41, 5.74) is 1.92. The van der Waals surface area contributed by atoms with Gasteiger partial charge in [0, 0.05) is 17.4 Å². The van der Waals surface area contributed by atoms with Crippen LogP contribution in [-0.2, 0) is 4.79 Å². The highest BCUT2D eigenvalue weighted by atomic mass is 35.5. The molecule has 28 heavy (non-hydrogen) atoms. The molecule has 0 bridgehead atoms. The Morgan fingerprint density at radius 3 is 2.68 bits per heavy atom. The molecule has 2 heterocycles. The molecular formula is C22H29ClN4O. The second-order valence-corrected chi connectivity index (χ2v) is 7.87. The van der Waals surface area contributed by atoms with Gasteiger partial charge in [-0.25, -0.2) is 0 Å². The van der Waals surface area contributed by atoms with E-state index >= 15 is 0 Å². The van der Waals surface area contributed by atoms with Crippen LogP contribution < -0.4 is 16.0 Å². The molecule has 1 aromatic heterocycles. The predicted octanol–water partition coefficient (Wildman–Crippen LogP) is 3.63. The molecule has 0 saturated carbocycles. The van der Waals surface area contributed by atoms with Gasteiger partial charge < -0.3 is 16.0 Å². The molecule has 1 aromatic carbocycles. The number of pyridine rings is 1. The molecule has 2 aromatic rings. The third-order valence-electron chi connectivity index (χ3n) is 5.37. The third-order valence-corrected chi connectivity index (χ3v) is 5.60. The number of aromatic nitrogens is 1. The maximum absolute atomic E-state index is 13.1. The van der Waals surface area contributed by atoms with Gasteiger partial charge >= 0.3 is 0 Å². The van der Waals surface area contributed by atoms with Gasteiger partial charge in [0.25, 0.3) is 0 Å². The van der Waals surface area contributed by atoms with Gasteiger partial charge in [0.2, 0.25) is 5.91 Å². The second-order valence-electron chi connectivity index (χ2n) is 7.44. The van der Waals surface area contributed by atoms with Crippen molar-refractivity contribution in [2.24, 2.45) is 5.92 Å². The van der Waals surface area contributed by atoms with Crippen LogP contribution in [0.4, 0.5) is 0 Å². The molecule has 5 nitrogen and oxygen atoms in total. The second kappa shape index (κ2) is 10.6. The zero-order valence-electron chi connectivity index (χ0n) is 16.3. The van der Waals surface area contributed by atoms with Gasteiger partial charge in [-0.1, -0.05) is 23.7 Å². The highest BCUT2D eigenvalue weighted by Gasteiger charge is 2.23. The summed E-state index contributed by atoms with van der Waals surface area (Å²) >= 11 is 6.18. The maximum atomic E-state index is 13.1. The number of hydrogen-bond donors (Lipinski definition) is 3. The van der Waals surface area contributed by atoms with Crippen molar-refractivity contribution in [1.82, 2.24) is 20.9 Å². The van der Waals surface area contributed by atoms with Crippen LogP contribution >= 0.6 is 11.6 Å². The molecule has 1 amide bonds. The molecule has 0 spiro atoms. The number of halogens is 1. The summed E-state index contributed by atoms with van der Waals surface area (Å²) in [6.45, 7) is 4.97.